The molecule has 0 radical (unpaired) electrons. The number of nitrogens with one attached hydrogen (secondary N) is 2. The topological polar surface area (TPSA) is 134 Å². The average molecular weight is 415 g/mol. The van der Waals surface area contributed by atoms with E-state index in [2.05, 4.69) is 10.6 Å². The summed E-state index contributed by atoms with van der Waals surface area (Å²) in [6.45, 7) is 2.74. The van der Waals surface area contributed by atoms with Crippen LogP contribution in [0.1, 0.15) is 56.8 Å². The van der Waals surface area contributed by atoms with Gasteiger partial charge in [-0.1, -0.05) is 19.3 Å². The lowest BCUT2D eigenvalue weighted by atomic mass is 9.95. The summed E-state index contributed by atoms with van der Waals surface area (Å²) >= 11 is 0. The molecule has 1 aromatic carbocycles. The van der Waals surface area contributed by atoms with Crippen molar-refractivity contribution < 1.29 is 24.0 Å². The van der Waals surface area contributed by atoms with E-state index in [1.807, 2.05) is 0 Å². The van der Waals surface area contributed by atoms with Gasteiger partial charge in [-0.05, 0) is 45.3 Å². The minimum absolute atomic E-state index is 0.00484. The van der Waals surface area contributed by atoms with E-state index < -0.39 is 18.3 Å². The Labute approximate surface area is 165 Å². The molecule has 28 heavy (non-hydrogen) atoms. The van der Waals surface area contributed by atoms with Crippen molar-refractivity contribution in [1.29, 1.82) is 0 Å². The summed E-state index contributed by atoms with van der Waals surface area (Å²) in [5, 5.41) is 27.6. The fourth-order valence-electron chi connectivity index (χ4n) is 3.48. The number of nitro benzene ring substituents is 1. The molecule has 0 saturated heterocycles. The van der Waals surface area contributed by atoms with Gasteiger partial charge in [0.1, 0.15) is 11.5 Å². The van der Waals surface area contributed by atoms with Crippen LogP contribution in [0.25, 0.3) is 0 Å². The maximum Gasteiger partial charge on any atom is 0.349 e. The van der Waals surface area contributed by atoms with Crippen molar-refractivity contribution in [1.82, 2.24) is 10.6 Å². The molecule has 2 rings (SSSR count). The number of phenols is 1. The first-order valence-corrected chi connectivity index (χ1v) is 11.4. The van der Waals surface area contributed by atoms with Crippen molar-refractivity contribution in [3.05, 3.63) is 33.9 Å². The van der Waals surface area contributed by atoms with Gasteiger partial charge in [0.15, 0.2) is 0 Å². The molecule has 0 bridgehead atoms. The van der Waals surface area contributed by atoms with Gasteiger partial charge < -0.3 is 19.8 Å². The third kappa shape index (κ3) is 6.53. The van der Waals surface area contributed by atoms with Crippen LogP contribution in [0.4, 0.5) is 5.69 Å². The van der Waals surface area contributed by atoms with Gasteiger partial charge in [0, 0.05) is 23.7 Å². The van der Waals surface area contributed by atoms with Crippen LogP contribution in [-0.4, -0.2) is 40.7 Å². The Bertz CT molecular complexity index is 696. The lowest BCUT2D eigenvalue weighted by Gasteiger charge is -2.25. The zero-order chi connectivity index (χ0) is 20.6. The summed E-state index contributed by atoms with van der Waals surface area (Å²) in [6.07, 6.45) is 6.83. The van der Waals surface area contributed by atoms with Crippen LogP contribution in [-0.2, 0) is 9.09 Å². The van der Waals surface area contributed by atoms with Crippen molar-refractivity contribution in [3.8, 4) is 5.75 Å². The Balaban J connectivity index is 2.03. The molecule has 1 fully saturated rings. The van der Waals surface area contributed by atoms with Crippen molar-refractivity contribution in [3.63, 3.8) is 0 Å². The highest BCUT2D eigenvalue weighted by molar-refractivity contribution is 7.53. The van der Waals surface area contributed by atoms with Crippen LogP contribution in [0.15, 0.2) is 18.2 Å². The number of hydrogen-bond acceptors (Lipinski definition) is 7. The standard InChI is InChI=1S/C18H30N3O6P/c1-2-27-28(25,26)18(16-13-15(21(23)24)9-10-17(16)22)20-12-6-11-19-14-7-4-3-5-8-14/h9-10,13-14,18-20,22H,2-8,11-12H2,1H3,(H,25,26). The largest absolute Gasteiger partial charge is 0.508 e. The SMILES string of the molecule is CCOP(=O)(O)C(NCCCNC1CCCCC1)c1cc([N+](=O)[O-])ccc1O. The van der Waals surface area contributed by atoms with E-state index in [0.717, 1.165) is 24.7 Å². The zero-order valence-electron chi connectivity index (χ0n) is 16.2. The lowest BCUT2D eigenvalue weighted by Crippen LogP contribution is -2.33. The minimum Gasteiger partial charge on any atom is -0.508 e. The van der Waals surface area contributed by atoms with E-state index in [9.17, 15) is 24.7 Å². The number of benzene rings is 1. The van der Waals surface area contributed by atoms with E-state index in [0.29, 0.717) is 19.0 Å². The summed E-state index contributed by atoms with van der Waals surface area (Å²) in [6, 6.07) is 3.93. The maximum atomic E-state index is 12.6. The summed E-state index contributed by atoms with van der Waals surface area (Å²) in [5.74, 6) is -1.54. The molecular formula is C18H30N3O6P. The number of hydrogen-bond donors (Lipinski definition) is 4. The first-order chi connectivity index (χ1) is 13.3. The van der Waals surface area contributed by atoms with Crippen LogP contribution in [0, 0.1) is 10.1 Å². The number of phenolic OH excluding ortho intramolecular Hbond substituents is 1. The highest BCUT2D eigenvalue weighted by atomic mass is 31.2. The summed E-state index contributed by atoms with van der Waals surface area (Å²) in [4.78, 5) is 20.7. The molecule has 1 aliphatic carbocycles. The molecular weight excluding hydrogens is 385 g/mol. The van der Waals surface area contributed by atoms with Crippen LogP contribution < -0.4 is 10.6 Å². The number of nitro groups is 1. The third-order valence-electron chi connectivity index (χ3n) is 4.89. The highest BCUT2D eigenvalue weighted by Gasteiger charge is 2.36. The predicted octanol–water partition coefficient (Wildman–Crippen LogP) is 3.42. The minimum atomic E-state index is -4.19. The lowest BCUT2D eigenvalue weighted by molar-refractivity contribution is -0.384. The molecule has 2 atom stereocenters. The van der Waals surface area contributed by atoms with Gasteiger partial charge in [-0.15, -0.1) is 0 Å². The molecule has 0 aromatic heterocycles. The second-order valence-corrected chi connectivity index (χ2v) is 8.88. The molecule has 1 saturated carbocycles. The molecule has 1 aromatic rings. The van der Waals surface area contributed by atoms with E-state index >= 15 is 0 Å². The van der Waals surface area contributed by atoms with Crippen LogP contribution in [0.2, 0.25) is 0 Å². The second-order valence-electron chi connectivity index (χ2n) is 6.98. The molecule has 2 unspecified atom stereocenters. The Morgan fingerprint density at radius 3 is 2.68 bits per heavy atom. The molecule has 158 valence electrons. The Hall–Kier alpha value is -1.51. The van der Waals surface area contributed by atoms with Gasteiger partial charge in [-0.25, -0.2) is 0 Å². The van der Waals surface area contributed by atoms with Gasteiger partial charge in [0.2, 0.25) is 0 Å². The third-order valence-corrected chi connectivity index (χ3v) is 6.63. The highest BCUT2D eigenvalue weighted by Crippen LogP contribution is 2.56. The molecule has 1 aliphatic rings. The Morgan fingerprint density at radius 2 is 2.04 bits per heavy atom. The Morgan fingerprint density at radius 1 is 1.32 bits per heavy atom. The van der Waals surface area contributed by atoms with Gasteiger partial charge in [0.05, 0.1) is 11.5 Å². The number of aromatic hydroxyl groups is 1. The maximum absolute atomic E-state index is 12.6. The fraction of sp³-hybridized carbons (Fsp3) is 0.667. The molecule has 4 N–H and O–H groups in total. The van der Waals surface area contributed by atoms with Gasteiger partial charge in [-0.3, -0.25) is 20.0 Å². The average Bonchev–Trinajstić information content (AvgIpc) is 2.66. The Kier molecular flexibility index (Phi) is 8.85. The molecule has 9 nitrogen and oxygen atoms in total. The van der Waals surface area contributed by atoms with Crippen LogP contribution >= 0.6 is 7.60 Å². The normalized spacial score (nSPS) is 18.5. The second kappa shape index (κ2) is 10.9. The van der Waals surface area contributed by atoms with E-state index in [4.69, 9.17) is 4.52 Å². The van der Waals surface area contributed by atoms with Crippen molar-refractivity contribution in [2.75, 3.05) is 19.7 Å². The first-order valence-electron chi connectivity index (χ1n) is 9.76. The molecule has 0 aliphatic heterocycles. The van der Waals surface area contributed by atoms with Crippen molar-refractivity contribution >= 4 is 13.3 Å². The monoisotopic (exact) mass is 415 g/mol. The van der Waals surface area contributed by atoms with Gasteiger partial charge in [0.25, 0.3) is 5.69 Å². The van der Waals surface area contributed by atoms with Crippen molar-refractivity contribution in [2.24, 2.45) is 0 Å². The first kappa shape index (κ1) is 22.8. The number of rotatable bonds is 11. The molecule has 0 heterocycles. The summed E-state index contributed by atoms with van der Waals surface area (Å²) in [5.41, 5.74) is -0.288. The van der Waals surface area contributed by atoms with Crippen LogP contribution in [0.5, 0.6) is 5.75 Å². The van der Waals surface area contributed by atoms with Crippen molar-refractivity contribution in [2.45, 2.75) is 57.3 Å². The zero-order valence-corrected chi connectivity index (χ0v) is 17.1. The molecule has 10 heteroatoms. The van der Waals surface area contributed by atoms with Gasteiger partial charge in [-0.2, -0.15) is 0 Å². The van der Waals surface area contributed by atoms with E-state index in [1.165, 1.54) is 32.1 Å². The number of non-ortho nitro benzene ring substituents is 1. The van der Waals surface area contributed by atoms with Gasteiger partial charge >= 0.3 is 7.60 Å². The summed E-state index contributed by atoms with van der Waals surface area (Å²) < 4.78 is 17.6. The molecule has 0 spiro atoms. The smallest absolute Gasteiger partial charge is 0.349 e. The predicted molar refractivity (Wildman–Crippen MR) is 106 cm³/mol. The fourth-order valence-corrected chi connectivity index (χ4v) is 4.91. The van der Waals surface area contributed by atoms with E-state index in [1.54, 1.807) is 6.92 Å². The number of nitrogens with zero attached hydrogens (tertiary/aromatic N) is 1. The van der Waals surface area contributed by atoms with Crippen LogP contribution in [0.3, 0.4) is 0 Å². The summed E-state index contributed by atoms with van der Waals surface area (Å²) in [7, 11) is -4.19. The quantitative estimate of drug-likeness (QED) is 0.187. The van der Waals surface area contributed by atoms with E-state index in [-0.39, 0.29) is 23.6 Å². The molecule has 0 amide bonds.